The summed E-state index contributed by atoms with van der Waals surface area (Å²) in [4.78, 5) is 0. The summed E-state index contributed by atoms with van der Waals surface area (Å²) in [6, 6.07) is 0.0634. The average Bonchev–Trinajstić information content (AvgIpc) is 2.41. The second-order valence-corrected chi connectivity index (χ2v) is 8.69. The van der Waals surface area contributed by atoms with Crippen LogP contribution in [-0.4, -0.2) is 38.4 Å². The first kappa shape index (κ1) is 16.2. The molecule has 1 aliphatic heterocycles. The van der Waals surface area contributed by atoms with Crippen molar-refractivity contribution < 1.29 is 8.42 Å². The molecule has 0 amide bonds. The summed E-state index contributed by atoms with van der Waals surface area (Å²) in [5.74, 6) is 0.479. The molecule has 0 spiro atoms. The van der Waals surface area contributed by atoms with Crippen molar-refractivity contribution in [3.63, 3.8) is 0 Å². The number of nitrogens with one attached hydrogen (secondary N) is 1. The van der Waals surface area contributed by atoms with Crippen LogP contribution in [0.4, 0.5) is 0 Å². The number of nitrogens with two attached hydrogens (primary N) is 1. The van der Waals surface area contributed by atoms with Gasteiger partial charge in [0.05, 0.1) is 0 Å². The fourth-order valence-corrected chi connectivity index (χ4v) is 4.99. The normalized spacial score (nSPS) is 29.4. The molecule has 0 aromatic carbocycles. The average molecular weight is 303 g/mol. The Morgan fingerprint density at radius 3 is 2.40 bits per heavy atom. The molecule has 1 saturated heterocycles. The van der Waals surface area contributed by atoms with E-state index in [4.69, 9.17) is 5.73 Å². The van der Waals surface area contributed by atoms with Gasteiger partial charge in [-0.15, -0.1) is 0 Å². The number of hydrogen-bond donors (Lipinski definition) is 2. The summed E-state index contributed by atoms with van der Waals surface area (Å²) in [6.45, 7) is 6.20. The van der Waals surface area contributed by atoms with Crippen LogP contribution in [0.3, 0.4) is 0 Å². The van der Waals surface area contributed by atoms with E-state index in [2.05, 4.69) is 18.6 Å². The lowest BCUT2D eigenvalue weighted by atomic mass is 9.74. The van der Waals surface area contributed by atoms with E-state index in [1.807, 2.05) is 0 Å². The third-order valence-corrected chi connectivity index (χ3v) is 6.67. The van der Waals surface area contributed by atoms with Gasteiger partial charge in [-0.25, -0.2) is 0 Å². The van der Waals surface area contributed by atoms with E-state index in [-0.39, 0.29) is 11.5 Å². The summed E-state index contributed by atoms with van der Waals surface area (Å²) in [7, 11) is -3.34. The highest BCUT2D eigenvalue weighted by molar-refractivity contribution is 7.87. The molecule has 1 saturated carbocycles. The molecule has 0 aromatic rings. The predicted molar refractivity (Wildman–Crippen MR) is 81.4 cm³/mol. The fraction of sp³-hybridized carbons (Fsp3) is 1.00. The summed E-state index contributed by atoms with van der Waals surface area (Å²) in [6.07, 6.45) is 6.12. The van der Waals surface area contributed by atoms with Crippen molar-refractivity contribution in [2.24, 2.45) is 17.1 Å². The zero-order chi connectivity index (χ0) is 14.8. The van der Waals surface area contributed by atoms with E-state index in [0.29, 0.717) is 25.6 Å². The quantitative estimate of drug-likeness (QED) is 0.825. The number of hydrogen-bond acceptors (Lipinski definition) is 3. The van der Waals surface area contributed by atoms with Crippen molar-refractivity contribution in [3.8, 4) is 0 Å². The second kappa shape index (κ2) is 6.30. The van der Waals surface area contributed by atoms with Gasteiger partial charge in [0.15, 0.2) is 0 Å². The van der Waals surface area contributed by atoms with Crippen LogP contribution in [-0.2, 0) is 10.2 Å². The topological polar surface area (TPSA) is 75.4 Å². The van der Waals surface area contributed by atoms with Gasteiger partial charge in [0, 0.05) is 19.1 Å². The Balaban J connectivity index is 1.97. The second-order valence-electron chi connectivity index (χ2n) is 6.99. The fourth-order valence-electron chi connectivity index (χ4n) is 3.35. The zero-order valence-electron chi connectivity index (χ0n) is 12.8. The molecule has 6 heteroatoms. The van der Waals surface area contributed by atoms with Gasteiger partial charge in [-0.1, -0.05) is 26.7 Å². The number of nitrogens with zero attached hydrogens (tertiary/aromatic N) is 1. The predicted octanol–water partition coefficient (Wildman–Crippen LogP) is 1.46. The van der Waals surface area contributed by atoms with E-state index in [0.717, 1.165) is 32.1 Å². The van der Waals surface area contributed by atoms with Gasteiger partial charge in [-0.05, 0) is 43.6 Å². The maximum atomic E-state index is 12.5. The highest BCUT2D eigenvalue weighted by Gasteiger charge is 2.37. The van der Waals surface area contributed by atoms with Crippen LogP contribution in [0.1, 0.15) is 52.4 Å². The highest BCUT2D eigenvalue weighted by Crippen LogP contribution is 2.36. The molecular weight excluding hydrogens is 274 g/mol. The Hall–Kier alpha value is -0.170. The van der Waals surface area contributed by atoms with Gasteiger partial charge in [-0.3, -0.25) is 0 Å². The van der Waals surface area contributed by atoms with E-state index in [1.165, 1.54) is 6.42 Å². The minimum Gasteiger partial charge on any atom is -0.330 e. The Bertz CT molecular complexity index is 414. The maximum Gasteiger partial charge on any atom is 0.279 e. The van der Waals surface area contributed by atoms with Gasteiger partial charge in [-0.2, -0.15) is 17.4 Å². The Labute approximate surface area is 123 Å². The molecule has 1 heterocycles. The summed E-state index contributed by atoms with van der Waals surface area (Å²) >= 11 is 0. The minimum absolute atomic E-state index is 0.0564. The molecule has 1 atom stereocenters. The molecule has 1 aliphatic carbocycles. The largest absolute Gasteiger partial charge is 0.330 e. The molecule has 5 nitrogen and oxygen atoms in total. The highest BCUT2D eigenvalue weighted by atomic mass is 32.2. The molecule has 20 heavy (non-hydrogen) atoms. The van der Waals surface area contributed by atoms with Gasteiger partial charge < -0.3 is 5.73 Å². The van der Waals surface area contributed by atoms with E-state index < -0.39 is 10.2 Å². The molecule has 3 N–H and O–H groups in total. The summed E-state index contributed by atoms with van der Waals surface area (Å²) in [5, 5.41) is 0. The monoisotopic (exact) mass is 303 g/mol. The molecule has 118 valence electrons. The van der Waals surface area contributed by atoms with Crippen LogP contribution in [0.5, 0.6) is 0 Å². The van der Waals surface area contributed by atoms with Crippen molar-refractivity contribution in [2.75, 3.05) is 19.6 Å². The first-order chi connectivity index (χ1) is 9.35. The van der Waals surface area contributed by atoms with E-state index >= 15 is 0 Å². The van der Waals surface area contributed by atoms with Crippen molar-refractivity contribution in [1.29, 1.82) is 0 Å². The third kappa shape index (κ3) is 3.72. The van der Waals surface area contributed by atoms with Crippen molar-refractivity contribution in [1.82, 2.24) is 9.03 Å². The van der Waals surface area contributed by atoms with Crippen LogP contribution >= 0.6 is 0 Å². The maximum absolute atomic E-state index is 12.5. The first-order valence-corrected chi connectivity index (χ1v) is 9.26. The van der Waals surface area contributed by atoms with Gasteiger partial charge in [0.25, 0.3) is 10.2 Å². The third-order valence-electron chi connectivity index (χ3n) is 5.05. The standard InChI is InChI=1S/C14H29N3O2S/c1-14(2)8-4-3-5-13(14)16-20(18,19)17-9-6-12(11-15)7-10-17/h12-13,16H,3-11,15H2,1-2H3. The lowest BCUT2D eigenvalue weighted by molar-refractivity contribution is 0.183. The van der Waals surface area contributed by atoms with Crippen LogP contribution in [0, 0.1) is 11.3 Å². The molecule has 2 rings (SSSR count). The Morgan fingerprint density at radius 2 is 1.85 bits per heavy atom. The SMILES string of the molecule is CC1(C)CCCCC1NS(=O)(=O)N1CCC(CN)CC1. The van der Waals surface area contributed by atoms with Crippen LogP contribution in [0.15, 0.2) is 0 Å². The minimum atomic E-state index is -3.34. The number of piperidine rings is 1. The van der Waals surface area contributed by atoms with E-state index in [9.17, 15) is 8.42 Å². The lowest BCUT2D eigenvalue weighted by Crippen LogP contribution is -2.53. The Kier molecular flexibility index (Phi) is 5.10. The summed E-state index contributed by atoms with van der Waals surface area (Å²) < 4.78 is 29.6. The smallest absolute Gasteiger partial charge is 0.279 e. The molecular formula is C14H29N3O2S. The Morgan fingerprint density at radius 1 is 1.20 bits per heavy atom. The molecule has 2 fully saturated rings. The van der Waals surface area contributed by atoms with Crippen molar-refractivity contribution >= 4 is 10.2 Å². The zero-order valence-corrected chi connectivity index (χ0v) is 13.6. The van der Waals surface area contributed by atoms with Crippen LogP contribution in [0.25, 0.3) is 0 Å². The lowest BCUT2D eigenvalue weighted by Gasteiger charge is -2.40. The van der Waals surface area contributed by atoms with Crippen molar-refractivity contribution in [2.45, 2.75) is 58.4 Å². The molecule has 0 aromatic heterocycles. The van der Waals surface area contributed by atoms with Gasteiger partial charge in [0.2, 0.25) is 0 Å². The van der Waals surface area contributed by atoms with Crippen LogP contribution in [0.2, 0.25) is 0 Å². The van der Waals surface area contributed by atoms with Crippen molar-refractivity contribution in [3.05, 3.63) is 0 Å². The number of rotatable bonds is 4. The first-order valence-electron chi connectivity index (χ1n) is 7.82. The molecule has 0 bridgehead atoms. The van der Waals surface area contributed by atoms with E-state index in [1.54, 1.807) is 4.31 Å². The summed E-state index contributed by atoms with van der Waals surface area (Å²) in [5.41, 5.74) is 5.72. The molecule has 1 unspecified atom stereocenters. The van der Waals surface area contributed by atoms with Gasteiger partial charge >= 0.3 is 0 Å². The van der Waals surface area contributed by atoms with Crippen LogP contribution < -0.4 is 10.5 Å². The molecule has 2 aliphatic rings. The molecule has 0 radical (unpaired) electrons. The van der Waals surface area contributed by atoms with Gasteiger partial charge in [0.1, 0.15) is 0 Å².